The van der Waals surface area contributed by atoms with Gasteiger partial charge in [0, 0.05) is 11.6 Å². The van der Waals surface area contributed by atoms with Crippen molar-refractivity contribution in [3.63, 3.8) is 0 Å². The number of allylic oxidation sites excluding steroid dienone is 4. The van der Waals surface area contributed by atoms with Crippen molar-refractivity contribution in [3.8, 4) is 0 Å². The Morgan fingerprint density at radius 3 is 2.62 bits per heavy atom. The average molecular weight is 212 g/mol. The van der Waals surface area contributed by atoms with Crippen LogP contribution < -0.4 is 5.43 Å². The minimum atomic E-state index is 0.331. The molecule has 0 fully saturated rings. The van der Waals surface area contributed by atoms with Gasteiger partial charge in [0.25, 0.3) is 0 Å². The molecule has 0 bridgehead atoms. The van der Waals surface area contributed by atoms with Crippen LogP contribution in [0.5, 0.6) is 0 Å². The summed E-state index contributed by atoms with van der Waals surface area (Å²) >= 11 is 6.44. The quantitative estimate of drug-likeness (QED) is 0.432. The van der Waals surface area contributed by atoms with E-state index >= 15 is 0 Å². The van der Waals surface area contributed by atoms with Gasteiger partial charge in [-0.25, -0.2) is 0 Å². The smallest absolute Gasteiger partial charge is 0.153 e. The summed E-state index contributed by atoms with van der Waals surface area (Å²) in [5.74, 6) is 0.331. The molecule has 0 aromatic carbocycles. The second-order valence-corrected chi connectivity index (χ2v) is 4.14. The highest BCUT2D eigenvalue weighted by atomic mass is 32.2. The van der Waals surface area contributed by atoms with E-state index in [0.29, 0.717) is 10.2 Å². The first-order valence-electron chi connectivity index (χ1n) is 3.97. The first-order chi connectivity index (χ1) is 6.24. The molecule has 0 saturated heterocycles. The van der Waals surface area contributed by atoms with Gasteiger partial charge in [0.15, 0.2) is 4.32 Å². The molecule has 4 heteroatoms. The van der Waals surface area contributed by atoms with E-state index in [1.54, 1.807) is 0 Å². The molecule has 2 nitrogen and oxygen atoms in total. The molecule has 1 aliphatic carbocycles. The summed E-state index contributed by atoms with van der Waals surface area (Å²) in [4.78, 5) is 0. The number of thioether (sulfide) groups is 1. The number of nitrogens with zero attached hydrogens (tertiary/aromatic N) is 1. The third-order valence-electron chi connectivity index (χ3n) is 1.74. The Morgan fingerprint density at radius 1 is 1.46 bits per heavy atom. The third kappa shape index (κ3) is 3.32. The van der Waals surface area contributed by atoms with E-state index < -0.39 is 0 Å². The van der Waals surface area contributed by atoms with E-state index in [4.69, 9.17) is 12.2 Å². The molecule has 0 spiro atoms. The van der Waals surface area contributed by atoms with Gasteiger partial charge >= 0.3 is 0 Å². The van der Waals surface area contributed by atoms with Crippen LogP contribution in [0.25, 0.3) is 0 Å². The summed E-state index contributed by atoms with van der Waals surface area (Å²) < 4.78 is 0.699. The second-order valence-electron chi connectivity index (χ2n) is 2.65. The topological polar surface area (TPSA) is 24.4 Å². The molecule has 0 unspecified atom stereocenters. The van der Waals surface area contributed by atoms with E-state index in [1.165, 1.54) is 11.8 Å². The molecule has 70 valence electrons. The Balaban J connectivity index is 2.46. The minimum absolute atomic E-state index is 0.331. The molecule has 0 saturated carbocycles. The van der Waals surface area contributed by atoms with Gasteiger partial charge in [-0.1, -0.05) is 48.3 Å². The van der Waals surface area contributed by atoms with E-state index in [9.17, 15) is 0 Å². The van der Waals surface area contributed by atoms with Crippen LogP contribution in [0.4, 0.5) is 0 Å². The summed E-state index contributed by atoms with van der Waals surface area (Å²) in [6, 6.07) is 0. The van der Waals surface area contributed by atoms with Crippen LogP contribution in [0, 0.1) is 5.92 Å². The fraction of sp³-hybridized carbons (Fsp3) is 0.333. The van der Waals surface area contributed by atoms with Crippen molar-refractivity contribution < 1.29 is 0 Å². The van der Waals surface area contributed by atoms with Crippen molar-refractivity contribution in [1.82, 2.24) is 5.43 Å². The number of hydrazone groups is 1. The van der Waals surface area contributed by atoms with Gasteiger partial charge in [-0.2, -0.15) is 5.10 Å². The van der Waals surface area contributed by atoms with Crippen molar-refractivity contribution in [3.05, 3.63) is 24.3 Å². The van der Waals surface area contributed by atoms with Gasteiger partial charge in [-0.3, -0.25) is 5.43 Å². The van der Waals surface area contributed by atoms with Gasteiger partial charge < -0.3 is 0 Å². The SMILES string of the molecule is CSC(=S)N/N=C(\C)C1C=CC=C1. The number of nitrogens with one attached hydrogen (secondary N) is 1. The number of thiocarbonyl (C=S) groups is 1. The van der Waals surface area contributed by atoms with E-state index in [1.807, 2.05) is 25.3 Å². The molecule has 1 rings (SSSR count). The highest BCUT2D eigenvalue weighted by Crippen LogP contribution is 2.10. The normalized spacial score (nSPS) is 16.6. The van der Waals surface area contributed by atoms with Crippen molar-refractivity contribution in [2.24, 2.45) is 11.0 Å². The lowest BCUT2D eigenvalue weighted by Gasteiger charge is -2.05. The molecule has 1 aliphatic rings. The van der Waals surface area contributed by atoms with Crippen LogP contribution >= 0.6 is 24.0 Å². The van der Waals surface area contributed by atoms with E-state index in [2.05, 4.69) is 22.7 Å². The summed E-state index contributed by atoms with van der Waals surface area (Å²) in [5, 5.41) is 4.18. The molecule has 0 radical (unpaired) electrons. The molecule has 0 amide bonds. The minimum Gasteiger partial charge on any atom is -0.262 e. The predicted molar refractivity (Wildman–Crippen MR) is 64.1 cm³/mol. The third-order valence-corrected chi connectivity index (χ3v) is 2.79. The molecule has 0 aromatic rings. The van der Waals surface area contributed by atoms with Gasteiger partial charge in [0.2, 0.25) is 0 Å². The fourth-order valence-corrected chi connectivity index (χ4v) is 1.15. The lowest BCUT2D eigenvalue weighted by atomic mass is 10.1. The van der Waals surface area contributed by atoms with Crippen LogP contribution in [0.1, 0.15) is 6.92 Å². The average Bonchev–Trinajstić information content (AvgIpc) is 2.66. The van der Waals surface area contributed by atoms with Crippen molar-refractivity contribution in [2.45, 2.75) is 6.92 Å². The van der Waals surface area contributed by atoms with Crippen LogP contribution in [0.2, 0.25) is 0 Å². The number of hydrogen-bond donors (Lipinski definition) is 1. The maximum atomic E-state index is 4.96. The molecule has 0 aromatic heterocycles. The monoisotopic (exact) mass is 212 g/mol. The number of rotatable bonds is 2. The highest BCUT2D eigenvalue weighted by molar-refractivity contribution is 8.22. The summed E-state index contributed by atoms with van der Waals surface area (Å²) in [5.41, 5.74) is 3.85. The molecule has 13 heavy (non-hydrogen) atoms. The van der Waals surface area contributed by atoms with Crippen LogP contribution in [0.15, 0.2) is 29.4 Å². The second kappa shape index (κ2) is 5.19. The molecule has 0 heterocycles. The van der Waals surface area contributed by atoms with Crippen molar-refractivity contribution >= 4 is 34.0 Å². The van der Waals surface area contributed by atoms with Crippen molar-refractivity contribution in [2.75, 3.05) is 6.26 Å². The zero-order valence-corrected chi connectivity index (χ0v) is 9.28. The Hall–Kier alpha value is -0.610. The van der Waals surface area contributed by atoms with E-state index in [-0.39, 0.29) is 0 Å². The first-order valence-corrected chi connectivity index (χ1v) is 5.60. The van der Waals surface area contributed by atoms with Crippen LogP contribution in [0.3, 0.4) is 0 Å². The summed E-state index contributed by atoms with van der Waals surface area (Å²) in [6.07, 6.45) is 10.2. The zero-order chi connectivity index (χ0) is 9.68. The maximum Gasteiger partial charge on any atom is 0.153 e. The maximum absolute atomic E-state index is 4.96. The standard InChI is InChI=1S/C9H12N2S2/c1-7(8-5-3-4-6-8)10-11-9(12)13-2/h3-6,8H,1-2H3,(H,11,12)/b10-7+. The van der Waals surface area contributed by atoms with Crippen LogP contribution in [-0.2, 0) is 0 Å². The Morgan fingerprint density at radius 2 is 2.08 bits per heavy atom. The van der Waals surface area contributed by atoms with Gasteiger partial charge in [0.05, 0.1) is 0 Å². The largest absolute Gasteiger partial charge is 0.262 e. The lowest BCUT2D eigenvalue weighted by molar-refractivity contribution is 1.01. The Labute approximate surface area is 88.2 Å². The predicted octanol–water partition coefficient (Wildman–Crippen LogP) is 2.34. The highest BCUT2D eigenvalue weighted by Gasteiger charge is 2.06. The summed E-state index contributed by atoms with van der Waals surface area (Å²) in [7, 11) is 0. The lowest BCUT2D eigenvalue weighted by Crippen LogP contribution is -2.15. The Kier molecular flexibility index (Phi) is 4.18. The number of hydrogen-bond acceptors (Lipinski definition) is 3. The fourth-order valence-electron chi connectivity index (χ4n) is 0.964. The van der Waals surface area contributed by atoms with Gasteiger partial charge in [-0.15, -0.1) is 0 Å². The molecular formula is C9H12N2S2. The molecule has 0 aliphatic heterocycles. The Bertz CT molecular complexity index is 267. The van der Waals surface area contributed by atoms with Gasteiger partial charge in [0.1, 0.15) is 0 Å². The van der Waals surface area contributed by atoms with Crippen molar-refractivity contribution in [1.29, 1.82) is 0 Å². The molecule has 0 atom stereocenters. The first kappa shape index (κ1) is 10.5. The van der Waals surface area contributed by atoms with Gasteiger partial charge in [-0.05, 0) is 13.2 Å². The summed E-state index contributed by atoms with van der Waals surface area (Å²) in [6.45, 7) is 1.99. The molecule has 1 N–H and O–H groups in total. The van der Waals surface area contributed by atoms with E-state index in [0.717, 1.165) is 5.71 Å². The van der Waals surface area contributed by atoms with Crippen LogP contribution in [-0.4, -0.2) is 16.3 Å². The molecular weight excluding hydrogens is 200 g/mol. The zero-order valence-electron chi connectivity index (χ0n) is 7.65.